The van der Waals surface area contributed by atoms with Gasteiger partial charge in [0.25, 0.3) is 5.91 Å². The fourth-order valence-electron chi connectivity index (χ4n) is 1.77. The Morgan fingerprint density at radius 3 is 2.57 bits per heavy atom. The van der Waals surface area contributed by atoms with E-state index in [4.69, 9.17) is 16.3 Å². The van der Waals surface area contributed by atoms with Crippen LogP contribution in [0, 0.1) is 0 Å². The van der Waals surface area contributed by atoms with Gasteiger partial charge in [-0.25, -0.2) is 0 Å². The Kier molecular flexibility index (Phi) is 5.53. The largest absolute Gasteiger partial charge is 0.479 e. The van der Waals surface area contributed by atoms with E-state index in [2.05, 4.69) is 5.32 Å². The lowest BCUT2D eigenvalue weighted by Crippen LogP contribution is -2.30. The summed E-state index contributed by atoms with van der Waals surface area (Å²) in [4.78, 5) is 13.2. The number of benzene rings is 2. The summed E-state index contributed by atoms with van der Waals surface area (Å²) in [5.74, 6) is 0.288. The average molecular weight is 322 g/mol. The van der Waals surface area contributed by atoms with Gasteiger partial charge in [0.1, 0.15) is 5.75 Å². The number of carbonyl (C=O) groups is 1. The molecule has 5 heteroatoms. The Bertz CT molecular complexity index is 633. The number of rotatable bonds is 5. The third-order valence-corrected chi connectivity index (χ3v) is 3.98. The zero-order valence-electron chi connectivity index (χ0n) is 11.8. The number of ether oxygens (including phenoxy) is 1. The van der Waals surface area contributed by atoms with Crippen molar-refractivity contribution in [3.63, 3.8) is 0 Å². The number of hydrogen-bond donors (Lipinski definition) is 1. The SMILES string of the molecule is CSc1ccccc1NC(=O)[C@H](C)Oc1ccccc1Cl. The van der Waals surface area contributed by atoms with Crippen LogP contribution < -0.4 is 10.1 Å². The van der Waals surface area contributed by atoms with Crippen LogP contribution >= 0.6 is 23.4 Å². The average Bonchev–Trinajstić information content (AvgIpc) is 2.50. The monoisotopic (exact) mass is 321 g/mol. The van der Waals surface area contributed by atoms with E-state index in [0.29, 0.717) is 10.8 Å². The van der Waals surface area contributed by atoms with Gasteiger partial charge in [-0.1, -0.05) is 35.9 Å². The second-order valence-electron chi connectivity index (χ2n) is 4.38. The first-order chi connectivity index (χ1) is 10.1. The Morgan fingerprint density at radius 2 is 1.86 bits per heavy atom. The van der Waals surface area contributed by atoms with Crippen molar-refractivity contribution in [1.82, 2.24) is 0 Å². The van der Waals surface area contributed by atoms with Crippen molar-refractivity contribution in [3.05, 3.63) is 53.6 Å². The summed E-state index contributed by atoms with van der Waals surface area (Å²) < 4.78 is 5.60. The lowest BCUT2D eigenvalue weighted by Gasteiger charge is -2.16. The topological polar surface area (TPSA) is 38.3 Å². The molecule has 0 aliphatic carbocycles. The van der Waals surface area contributed by atoms with Gasteiger partial charge in [-0.3, -0.25) is 4.79 Å². The maximum atomic E-state index is 12.2. The van der Waals surface area contributed by atoms with Gasteiger partial charge in [-0.15, -0.1) is 11.8 Å². The van der Waals surface area contributed by atoms with Crippen LogP contribution in [0.3, 0.4) is 0 Å². The zero-order valence-corrected chi connectivity index (χ0v) is 13.4. The highest BCUT2D eigenvalue weighted by Gasteiger charge is 2.17. The van der Waals surface area contributed by atoms with Crippen LogP contribution in [0.15, 0.2) is 53.4 Å². The zero-order chi connectivity index (χ0) is 15.2. The summed E-state index contributed by atoms with van der Waals surface area (Å²) in [5.41, 5.74) is 0.782. The summed E-state index contributed by atoms with van der Waals surface area (Å²) in [6, 6.07) is 14.7. The minimum absolute atomic E-state index is 0.212. The van der Waals surface area contributed by atoms with Gasteiger partial charge in [0.05, 0.1) is 10.7 Å². The number of anilines is 1. The minimum Gasteiger partial charge on any atom is -0.479 e. The van der Waals surface area contributed by atoms with Crippen LogP contribution in [-0.2, 0) is 4.79 Å². The molecule has 0 aromatic heterocycles. The number of carbonyl (C=O) groups excluding carboxylic acids is 1. The first kappa shape index (κ1) is 15.7. The maximum absolute atomic E-state index is 12.2. The molecular weight excluding hydrogens is 306 g/mol. The predicted octanol–water partition coefficient (Wildman–Crippen LogP) is 4.47. The van der Waals surface area contributed by atoms with E-state index >= 15 is 0 Å². The van der Waals surface area contributed by atoms with Crippen molar-refractivity contribution in [2.24, 2.45) is 0 Å². The summed E-state index contributed by atoms with van der Waals surface area (Å²) in [7, 11) is 0. The van der Waals surface area contributed by atoms with E-state index in [9.17, 15) is 4.79 Å². The molecule has 2 aromatic carbocycles. The van der Waals surface area contributed by atoms with E-state index < -0.39 is 6.10 Å². The molecule has 21 heavy (non-hydrogen) atoms. The van der Waals surface area contributed by atoms with Crippen molar-refractivity contribution in [2.45, 2.75) is 17.9 Å². The molecule has 0 bridgehead atoms. The second kappa shape index (κ2) is 7.38. The van der Waals surface area contributed by atoms with Crippen LogP contribution in [0.4, 0.5) is 5.69 Å². The van der Waals surface area contributed by atoms with Crippen LogP contribution in [0.5, 0.6) is 5.75 Å². The molecule has 110 valence electrons. The molecule has 0 aliphatic heterocycles. The van der Waals surface area contributed by atoms with E-state index in [1.807, 2.05) is 42.7 Å². The van der Waals surface area contributed by atoms with Crippen LogP contribution in [0.1, 0.15) is 6.92 Å². The van der Waals surface area contributed by atoms with Gasteiger partial charge >= 0.3 is 0 Å². The highest BCUT2D eigenvalue weighted by Crippen LogP contribution is 2.26. The van der Waals surface area contributed by atoms with Crippen molar-refractivity contribution in [1.29, 1.82) is 0 Å². The molecule has 2 rings (SSSR count). The van der Waals surface area contributed by atoms with Gasteiger partial charge in [-0.2, -0.15) is 0 Å². The Hall–Kier alpha value is -1.65. The van der Waals surface area contributed by atoms with Crippen LogP contribution in [0.2, 0.25) is 5.02 Å². The molecule has 0 aliphatic rings. The van der Waals surface area contributed by atoms with Crippen molar-refractivity contribution in [2.75, 3.05) is 11.6 Å². The smallest absolute Gasteiger partial charge is 0.265 e. The molecule has 0 heterocycles. The lowest BCUT2D eigenvalue weighted by atomic mass is 10.3. The molecule has 0 radical (unpaired) electrons. The fourth-order valence-corrected chi connectivity index (χ4v) is 2.50. The molecule has 0 saturated heterocycles. The van der Waals surface area contributed by atoms with Crippen LogP contribution in [-0.4, -0.2) is 18.3 Å². The quantitative estimate of drug-likeness (QED) is 0.826. The van der Waals surface area contributed by atoms with E-state index in [1.165, 1.54) is 0 Å². The molecule has 1 N–H and O–H groups in total. The number of thioether (sulfide) groups is 1. The van der Waals surface area contributed by atoms with E-state index in [1.54, 1.807) is 30.8 Å². The molecule has 1 atom stereocenters. The first-order valence-electron chi connectivity index (χ1n) is 6.47. The molecule has 0 unspecified atom stereocenters. The number of amides is 1. The number of hydrogen-bond acceptors (Lipinski definition) is 3. The standard InChI is InChI=1S/C16H16ClNO2S/c1-11(20-14-9-5-3-7-12(14)17)16(19)18-13-8-4-6-10-15(13)21-2/h3-11H,1-2H3,(H,18,19)/t11-/m0/s1. The molecule has 2 aromatic rings. The number of para-hydroxylation sites is 2. The van der Waals surface area contributed by atoms with Gasteiger partial charge in [-0.05, 0) is 37.4 Å². The third kappa shape index (κ3) is 4.16. The van der Waals surface area contributed by atoms with E-state index in [-0.39, 0.29) is 5.91 Å². The van der Waals surface area contributed by atoms with Gasteiger partial charge in [0, 0.05) is 4.90 Å². The van der Waals surface area contributed by atoms with E-state index in [0.717, 1.165) is 10.6 Å². The third-order valence-electron chi connectivity index (χ3n) is 2.87. The molecular formula is C16H16ClNO2S. The van der Waals surface area contributed by atoms with Crippen molar-refractivity contribution in [3.8, 4) is 5.75 Å². The second-order valence-corrected chi connectivity index (χ2v) is 5.64. The van der Waals surface area contributed by atoms with Gasteiger partial charge in [0.15, 0.2) is 6.10 Å². The molecule has 0 saturated carbocycles. The highest BCUT2D eigenvalue weighted by molar-refractivity contribution is 7.98. The minimum atomic E-state index is -0.639. The Morgan fingerprint density at radius 1 is 1.19 bits per heavy atom. The fraction of sp³-hybridized carbons (Fsp3) is 0.188. The van der Waals surface area contributed by atoms with Gasteiger partial charge < -0.3 is 10.1 Å². The van der Waals surface area contributed by atoms with Crippen LogP contribution in [0.25, 0.3) is 0 Å². The Balaban J connectivity index is 2.05. The summed E-state index contributed by atoms with van der Waals surface area (Å²) in [6.07, 6.45) is 1.33. The summed E-state index contributed by atoms with van der Waals surface area (Å²) in [5, 5.41) is 3.36. The number of nitrogens with one attached hydrogen (secondary N) is 1. The summed E-state index contributed by atoms with van der Waals surface area (Å²) in [6.45, 7) is 1.69. The lowest BCUT2D eigenvalue weighted by molar-refractivity contribution is -0.122. The maximum Gasteiger partial charge on any atom is 0.265 e. The van der Waals surface area contributed by atoms with Gasteiger partial charge in [0.2, 0.25) is 0 Å². The highest BCUT2D eigenvalue weighted by atomic mass is 35.5. The first-order valence-corrected chi connectivity index (χ1v) is 8.07. The molecule has 0 spiro atoms. The molecule has 1 amide bonds. The van der Waals surface area contributed by atoms with Crippen molar-refractivity contribution >= 4 is 35.0 Å². The molecule has 0 fully saturated rings. The van der Waals surface area contributed by atoms with Crippen molar-refractivity contribution < 1.29 is 9.53 Å². The number of halogens is 1. The normalized spacial score (nSPS) is 11.8. The molecule has 3 nitrogen and oxygen atoms in total. The predicted molar refractivity (Wildman–Crippen MR) is 88.4 cm³/mol. The Labute approximate surface area is 133 Å². The summed E-state index contributed by atoms with van der Waals surface area (Å²) >= 11 is 7.60.